The van der Waals surface area contributed by atoms with Crippen molar-refractivity contribution in [1.82, 2.24) is 0 Å². The van der Waals surface area contributed by atoms with Gasteiger partial charge in [0.15, 0.2) is 0 Å². The van der Waals surface area contributed by atoms with Gasteiger partial charge in [0.2, 0.25) is 0 Å². The second kappa shape index (κ2) is 20.0. The van der Waals surface area contributed by atoms with Gasteiger partial charge in [0.25, 0.3) is 0 Å². The first-order valence-electron chi connectivity index (χ1n) is 8.31. The minimum absolute atomic E-state index is 0.898. The van der Waals surface area contributed by atoms with Crippen molar-refractivity contribution >= 4 is 6.71 Å². The van der Waals surface area contributed by atoms with Crippen molar-refractivity contribution in [2.75, 3.05) is 0 Å². The molecule has 1 saturated carbocycles. The molecule has 0 amide bonds. The maximum absolute atomic E-state index is 4.00. The lowest BCUT2D eigenvalue weighted by atomic mass is 9.47. The highest BCUT2D eigenvalue weighted by Crippen LogP contribution is 2.30. The van der Waals surface area contributed by atoms with Crippen molar-refractivity contribution in [2.45, 2.75) is 93.1 Å². The van der Waals surface area contributed by atoms with Crippen molar-refractivity contribution in [3.63, 3.8) is 0 Å². The van der Waals surface area contributed by atoms with Gasteiger partial charge in [0.1, 0.15) is 6.71 Å². The monoisotopic (exact) mass is 266 g/mol. The van der Waals surface area contributed by atoms with Gasteiger partial charge in [-0.25, -0.2) is 0 Å². The quantitative estimate of drug-likeness (QED) is 0.394. The van der Waals surface area contributed by atoms with Gasteiger partial charge < -0.3 is 0 Å². The highest BCUT2D eigenvalue weighted by Gasteiger charge is 2.18. The minimum Gasteiger partial charge on any atom is -0.124 e. The SMILES string of the molecule is C#C.CB(C)CC1CCC1.CCC.CCCC(C)C. The fraction of sp³-hybridized carbons (Fsp3) is 0.889. The summed E-state index contributed by atoms with van der Waals surface area (Å²) in [6.07, 6.45) is 17.9. The maximum atomic E-state index is 4.00. The Bertz CT molecular complexity index is 154. The molecule has 0 N–H and O–H groups in total. The Morgan fingerprint density at radius 3 is 1.53 bits per heavy atom. The normalized spacial score (nSPS) is 12.7. The number of hydrogen-bond donors (Lipinski definition) is 0. The molecule has 114 valence electrons. The molecule has 0 unspecified atom stereocenters. The lowest BCUT2D eigenvalue weighted by Gasteiger charge is -2.25. The van der Waals surface area contributed by atoms with Crippen molar-refractivity contribution < 1.29 is 0 Å². The van der Waals surface area contributed by atoms with Crippen LogP contribution in [0.2, 0.25) is 20.0 Å². The third kappa shape index (κ3) is 27.0. The Balaban J connectivity index is -0.000000207. The molecule has 19 heavy (non-hydrogen) atoms. The molecule has 1 fully saturated rings. The molecule has 0 aliphatic heterocycles. The highest BCUT2D eigenvalue weighted by atomic mass is 14.2. The second-order valence-electron chi connectivity index (χ2n) is 6.32. The van der Waals surface area contributed by atoms with Crippen LogP contribution in [0.5, 0.6) is 0 Å². The molecule has 0 aromatic rings. The molecule has 0 nitrogen and oxygen atoms in total. The zero-order chi connectivity index (χ0) is 15.7. The molecular weight excluding hydrogens is 227 g/mol. The molecule has 0 aromatic carbocycles. The molecule has 0 atom stereocenters. The summed E-state index contributed by atoms with van der Waals surface area (Å²) >= 11 is 0. The highest BCUT2D eigenvalue weighted by molar-refractivity contribution is 6.55. The summed E-state index contributed by atoms with van der Waals surface area (Å²) < 4.78 is 0. The van der Waals surface area contributed by atoms with E-state index >= 15 is 0 Å². The van der Waals surface area contributed by atoms with Gasteiger partial charge >= 0.3 is 0 Å². The first-order valence-corrected chi connectivity index (χ1v) is 8.31. The standard InChI is InChI=1S/C7H15B.C6H14.C3H8.C2H2/c1-8(2)6-7-4-3-5-7;1-4-5-6(2)3;1-3-2;1-2/h7H,3-6H2,1-2H3;6H,4-5H2,1-3H3;3H2,1-2H3;1-2H. The molecule has 1 aliphatic rings. The van der Waals surface area contributed by atoms with E-state index in [0.717, 1.165) is 18.5 Å². The molecule has 1 heteroatoms. The molecule has 0 radical (unpaired) electrons. The van der Waals surface area contributed by atoms with E-state index in [4.69, 9.17) is 0 Å². The van der Waals surface area contributed by atoms with Crippen LogP contribution >= 0.6 is 0 Å². The molecule has 0 saturated heterocycles. The third-order valence-corrected chi connectivity index (χ3v) is 2.90. The van der Waals surface area contributed by atoms with Crippen LogP contribution in [-0.2, 0) is 0 Å². The Hall–Kier alpha value is -0.375. The van der Waals surface area contributed by atoms with Gasteiger partial charge in [0.05, 0.1) is 0 Å². The number of hydrogen-bond acceptors (Lipinski definition) is 0. The van der Waals surface area contributed by atoms with Crippen LogP contribution in [0.25, 0.3) is 0 Å². The first kappa shape index (κ1) is 23.7. The summed E-state index contributed by atoms with van der Waals surface area (Å²) in [5.41, 5.74) is 0. The second-order valence-corrected chi connectivity index (χ2v) is 6.32. The summed E-state index contributed by atoms with van der Waals surface area (Å²) in [4.78, 5) is 0. The topological polar surface area (TPSA) is 0 Å². The summed E-state index contributed by atoms with van der Waals surface area (Å²) in [5.74, 6) is 2.00. The van der Waals surface area contributed by atoms with Crippen LogP contribution in [0, 0.1) is 24.7 Å². The van der Waals surface area contributed by atoms with Crippen molar-refractivity contribution in [3.8, 4) is 12.8 Å². The van der Waals surface area contributed by atoms with E-state index in [1.165, 1.54) is 44.8 Å². The predicted octanol–water partition coefficient (Wildman–Crippen LogP) is 6.65. The van der Waals surface area contributed by atoms with Crippen LogP contribution in [0.4, 0.5) is 0 Å². The van der Waals surface area contributed by atoms with Crippen LogP contribution in [0.15, 0.2) is 0 Å². The Kier molecular flexibility index (Phi) is 24.9. The Morgan fingerprint density at radius 1 is 1.05 bits per heavy atom. The average Bonchev–Trinajstić information content (AvgIpc) is 2.28. The van der Waals surface area contributed by atoms with E-state index in [2.05, 4.69) is 61.1 Å². The van der Waals surface area contributed by atoms with E-state index in [9.17, 15) is 0 Å². The summed E-state index contributed by atoms with van der Waals surface area (Å²) in [7, 11) is 0. The Morgan fingerprint density at radius 2 is 1.47 bits per heavy atom. The average molecular weight is 266 g/mol. The molecule has 1 rings (SSSR count). The molecule has 0 heterocycles. The smallest absolute Gasteiger partial charge is 0.124 e. The largest absolute Gasteiger partial charge is 0.133 e. The van der Waals surface area contributed by atoms with E-state index in [-0.39, 0.29) is 0 Å². The van der Waals surface area contributed by atoms with E-state index in [1.807, 2.05) is 0 Å². The van der Waals surface area contributed by atoms with Gasteiger partial charge in [-0.15, -0.1) is 12.8 Å². The van der Waals surface area contributed by atoms with E-state index in [1.54, 1.807) is 0 Å². The van der Waals surface area contributed by atoms with Gasteiger partial charge in [-0.1, -0.05) is 93.1 Å². The number of terminal acetylenes is 1. The molecule has 0 spiro atoms. The van der Waals surface area contributed by atoms with Gasteiger partial charge in [-0.3, -0.25) is 0 Å². The third-order valence-electron chi connectivity index (χ3n) is 2.90. The molecule has 1 aliphatic carbocycles. The van der Waals surface area contributed by atoms with Crippen LogP contribution in [-0.4, -0.2) is 6.71 Å². The van der Waals surface area contributed by atoms with E-state index < -0.39 is 0 Å². The van der Waals surface area contributed by atoms with Crippen molar-refractivity contribution in [1.29, 1.82) is 0 Å². The zero-order valence-corrected chi connectivity index (χ0v) is 14.8. The fourth-order valence-corrected chi connectivity index (χ4v) is 1.97. The van der Waals surface area contributed by atoms with Crippen molar-refractivity contribution in [2.24, 2.45) is 11.8 Å². The summed E-state index contributed by atoms with van der Waals surface area (Å²) in [6, 6.07) is 0. The van der Waals surface area contributed by atoms with Gasteiger partial charge in [-0.05, 0) is 11.8 Å². The number of rotatable bonds is 4. The zero-order valence-electron chi connectivity index (χ0n) is 14.8. The molecule has 0 bridgehead atoms. The van der Waals surface area contributed by atoms with E-state index in [0.29, 0.717) is 0 Å². The fourth-order valence-electron chi connectivity index (χ4n) is 1.97. The predicted molar refractivity (Wildman–Crippen MR) is 95.2 cm³/mol. The van der Waals surface area contributed by atoms with Crippen LogP contribution in [0.3, 0.4) is 0 Å². The minimum atomic E-state index is 0.898. The summed E-state index contributed by atoms with van der Waals surface area (Å²) in [6.45, 7) is 16.5. The van der Waals surface area contributed by atoms with Crippen molar-refractivity contribution in [3.05, 3.63) is 0 Å². The summed E-state index contributed by atoms with van der Waals surface area (Å²) in [5, 5.41) is 0. The van der Waals surface area contributed by atoms with Gasteiger partial charge in [0, 0.05) is 0 Å². The van der Waals surface area contributed by atoms with Crippen LogP contribution < -0.4 is 0 Å². The Labute approximate surface area is 125 Å². The first-order chi connectivity index (χ1) is 8.97. The molecular formula is C18H39B. The van der Waals surface area contributed by atoms with Crippen LogP contribution in [0.1, 0.15) is 73.1 Å². The molecule has 0 aromatic heterocycles. The maximum Gasteiger partial charge on any atom is 0.133 e. The van der Waals surface area contributed by atoms with Gasteiger partial charge in [-0.2, -0.15) is 0 Å². The lowest BCUT2D eigenvalue weighted by Crippen LogP contribution is -2.16. The lowest BCUT2D eigenvalue weighted by molar-refractivity contribution is 0.344.